The van der Waals surface area contributed by atoms with Gasteiger partial charge >= 0.3 is 5.97 Å². The van der Waals surface area contributed by atoms with E-state index in [4.69, 9.17) is 5.73 Å². The molecule has 1 aliphatic rings. The van der Waals surface area contributed by atoms with Gasteiger partial charge in [0.05, 0.1) is 13.2 Å². The number of carbonyl (C=O) groups excluding carboxylic acids is 3. The maximum atomic E-state index is 11.8. The molecule has 7 nitrogen and oxygen atoms in total. The summed E-state index contributed by atoms with van der Waals surface area (Å²) in [6.07, 6.45) is 3.11. The highest BCUT2D eigenvalue weighted by molar-refractivity contribution is 6.02. The number of piperidine rings is 1. The molecule has 108 valence electrons. The lowest BCUT2D eigenvalue weighted by Crippen LogP contribution is -2.50. The van der Waals surface area contributed by atoms with E-state index in [-0.39, 0.29) is 19.1 Å². The van der Waals surface area contributed by atoms with Gasteiger partial charge in [-0.3, -0.25) is 9.59 Å². The zero-order chi connectivity index (χ0) is 14.3. The van der Waals surface area contributed by atoms with Crippen molar-refractivity contribution in [3.05, 3.63) is 0 Å². The highest BCUT2D eigenvalue weighted by Crippen LogP contribution is 2.08. The molecule has 0 bridgehead atoms. The number of ether oxygens (including phenoxy) is 1. The average molecular weight is 271 g/mol. The molecular formula is C12H21N3O4. The zero-order valence-electron chi connectivity index (χ0n) is 11.2. The standard InChI is InChI=1S/C12H21N3O4/c1-2-19-12(18)10(13)11(17)14-8-9(16)15-6-4-3-5-7-15/h10H,2-8,13H2,1H3,(H,14,17). The van der Waals surface area contributed by atoms with Gasteiger partial charge in [-0.2, -0.15) is 0 Å². The Hall–Kier alpha value is -1.63. The molecule has 0 aromatic heterocycles. The minimum atomic E-state index is -1.38. The number of carbonyl (C=O) groups is 3. The van der Waals surface area contributed by atoms with Crippen LogP contribution in [-0.4, -0.2) is 55.0 Å². The van der Waals surface area contributed by atoms with Crippen LogP contribution < -0.4 is 11.1 Å². The summed E-state index contributed by atoms with van der Waals surface area (Å²) >= 11 is 0. The van der Waals surface area contributed by atoms with E-state index in [2.05, 4.69) is 10.1 Å². The van der Waals surface area contributed by atoms with Crippen LogP contribution >= 0.6 is 0 Å². The molecule has 0 aliphatic carbocycles. The quantitative estimate of drug-likeness (QED) is 0.493. The minimum absolute atomic E-state index is 0.133. The molecule has 0 spiro atoms. The topological polar surface area (TPSA) is 102 Å². The Bertz CT molecular complexity index is 340. The summed E-state index contributed by atoms with van der Waals surface area (Å²) in [7, 11) is 0. The molecule has 0 radical (unpaired) electrons. The molecule has 0 aromatic rings. The van der Waals surface area contributed by atoms with Gasteiger partial charge in [-0.05, 0) is 26.2 Å². The van der Waals surface area contributed by atoms with Crippen molar-refractivity contribution in [2.75, 3.05) is 26.2 Å². The lowest BCUT2D eigenvalue weighted by atomic mass is 10.1. The third kappa shape index (κ3) is 4.86. The van der Waals surface area contributed by atoms with Gasteiger partial charge in [-0.1, -0.05) is 0 Å². The predicted octanol–water partition coefficient (Wildman–Crippen LogP) is -0.994. The summed E-state index contributed by atoms with van der Waals surface area (Å²) < 4.78 is 4.63. The fraction of sp³-hybridized carbons (Fsp3) is 0.750. The Morgan fingerprint density at radius 1 is 1.26 bits per heavy atom. The Balaban J connectivity index is 2.32. The van der Waals surface area contributed by atoms with Gasteiger partial charge in [0.15, 0.2) is 6.04 Å². The van der Waals surface area contributed by atoms with E-state index in [1.54, 1.807) is 11.8 Å². The summed E-state index contributed by atoms with van der Waals surface area (Å²) in [5.41, 5.74) is 5.40. The Morgan fingerprint density at radius 3 is 2.47 bits per heavy atom. The maximum Gasteiger partial charge on any atom is 0.332 e. The monoisotopic (exact) mass is 271 g/mol. The third-order valence-corrected chi connectivity index (χ3v) is 2.95. The van der Waals surface area contributed by atoms with Crippen molar-refractivity contribution in [3.63, 3.8) is 0 Å². The Kier molecular flexibility index (Phi) is 6.27. The first-order valence-corrected chi connectivity index (χ1v) is 6.54. The number of amides is 2. The summed E-state index contributed by atoms with van der Waals surface area (Å²) in [4.78, 5) is 36.2. The lowest BCUT2D eigenvalue weighted by Gasteiger charge is -2.26. The molecule has 0 aromatic carbocycles. The van der Waals surface area contributed by atoms with Gasteiger partial charge in [0.1, 0.15) is 0 Å². The van der Waals surface area contributed by atoms with Crippen molar-refractivity contribution < 1.29 is 19.1 Å². The van der Waals surface area contributed by atoms with Crippen LogP contribution in [0.3, 0.4) is 0 Å². The van der Waals surface area contributed by atoms with Crippen LogP contribution in [-0.2, 0) is 19.1 Å². The smallest absolute Gasteiger partial charge is 0.332 e. The lowest BCUT2D eigenvalue weighted by molar-refractivity contribution is -0.148. The van der Waals surface area contributed by atoms with Crippen LogP contribution in [0.4, 0.5) is 0 Å². The molecule has 0 saturated carbocycles. The second-order valence-electron chi connectivity index (χ2n) is 4.39. The number of nitrogens with two attached hydrogens (primary N) is 1. The molecule has 1 aliphatic heterocycles. The van der Waals surface area contributed by atoms with E-state index in [0.29, 0.717) is 0 Å². The van der Waals surface area contributed by atoms with E-state index in [1.807, 2.05) is 0 Å². The molecule has 1 heterocycles. The first-order chi connectivity index (χ1) is 9.06. The zero-order valence-corrected chi connectivity index (χ0v) is 11.2. The molecule has 1 saturated heterocycles. The summed E-state index contributed by atoms with van der Waals surface area (Å²) in [5.74, 6) is -1.63. The van der Waals surface area contributed by atoms with E-state index < -0.39 is 17.9 Å². The number of nitrogens with zero attached hydrogens (tertiary/aromatic N) is 1. The van der Waals surface area contributed by atoms with Crippen LogP contribution in [0.25, 0.3) is 0 Å². The Morgan fingerprint density at radius 2 is 1.89 bits per heavy atom. The number of esters is 1. The van der Waals surface area contributed by atoms with Crippen molar-refractivity contribution >= 4 is 17.8 Å². The average Bonchev–Trinajstić information content (AvgIpc) is 2.44. The van der Waals surface area contributed by atoms with Crippen LogP contribution in [0, 0.1) is 0 Å². The first kappa shape index (κ1) is 15.4. The molecule has 2 amide bonds. The largest absolute Gasteiger partial charge is 0.464 e. The van der Waals surface area contributed by atoms with E-state index in [9.17, 15) is 14.4 Å². The van der Waals surface area contributed by atoms with Gasteiger partial charge in [0, 0.05) is 13.1 Å². The third-order valence-electron chi connectivity index (χ3n) is 2.95. The van der Waals surface area contributed by atoms with E-state index in [0.717, 1.165) is 32.4 Å². The molecular weight excluding hydrogens is 250 g/mol. The molecule has 7 heteroatoms. The number of hydrogen-bond acceptors (Lipinski definition) is 5. The van der Waals surface area contributed by atoms with Crippen molar-refractivity contribution in [1.29, 1.82) is 0 Å². The molecule has 1 rings (SSSR count). The number of nitrogens with one attached hydrogen (secondary N) is 1. The fourth-order valence-corrected chi connectivity index (χ4v) is 1.87. The van der Waals surface area contributed by atoms with Gasteiger partial charge in [0.2, 0.25) is 11.8 Å². The van der Waals surface area contributed by atoms with Gasteiger partial charge in [-0.25, -0.2) is 4.79 Å². The van der Waals surface area contributed by atoms with E-state index >= 15 is 0 Å². The SMILES string of the molecule is CCOC(=O)C(N)C(=O)NCC(=O)N1CCCCC1. The molecule has 1 fully saturated rings. The maximum absolute atomic E-state index is 11.8. The number of hydrogen-bond donors (Lipinski definition) is 2. The molecule has 19 heavy (non-hydrogen) atoms. The van der Waals surface area contributed by atoms with Gasteiger partial charge in [0.25, 0.3) is 0 Å². The predicted molar refractivity (Wildman–Crippen MR) is 68.0 cm³/mol. The van der Waals surface area contributed by atoms with Crippen molar-refractivity contribution in [2.24, 2.45) is 5.73 Å². The first-order valence-electron chi connectivity index (χ1n) is 6.54. The summed E-state index contributed by atoms with van der Waals surface area (Å²) in [6.45, 7) is 3.10. The van der Waals surface area contributed by atoms with Crippen LogP contribution in [0.5, 0.6) is 0 Å². The number of rotatable bonds is 5. The fourth-order valence-electron chi connectivity index (χ4n) is 1.87. The van der Waals surface area contributed by atoms with Crippen LogP contribution in [0.2, 0.25) is 0 Å². The molecule has 1 atom stereocenters. The minimum Gasteiger partial charge on any atom is -0.464 e. The Labute approximate surface area is 112 Å². The van der Waals surface area contributed by atoms with Crippen molar-refractivity contribution in [3.8, 4) is 0 Å². The van der Waals surface area contributed by atoms with Crippen LogP contribution in [0.1, 0.15) is 26.2 Å². The highest BCUT2D eigenvalue weighted by Gasteiger charge is 2.24. The van der Waals surface area contributed by atoms with Gasteiger partial charge < -0.3 is 20.7 Å². The highest BCUT2D eigenvalue weighted by atomic mass is 16.5. The van der Waals surface area contributed by atoms with Crippen LogP contribution in [0.15, 0.2) is 0 Å². The summed E-state index contributed by atoms with van der Waals surface area (Å²) in [5, 5.41) is 2.36. The second-order valence-corrected chi connectivity index (χ2v) is 4.39. The van der Waals surface area contributed by atoms with E-state index in [1.165, 1.54) is 0 Å². The van der Waals surface area contributed by atoms with Crippen molar-refractivity contribution in [2.45, 2.75) is 32.2 Å². The molecule has 3 N–H and O–H groups in total. The number of likely N-dealkylation sites (tertiary alicyclic amines) is 1. The van der Waals surface area contributed by atoms with Gasteiger partial charge in [-0.15, -0.1) is 0 Å². The molecule has 1 unspecified atom stereocenters. The normalized spacial score (nSPS) is 16.6. The van der Waals surface area contributed by atoms with Crippen molar-refractivity contribution in [1.82, 2.24) is 10.2 Å². The summed E-state index contributed by atoms with van der Waals surface area (Å²) in [6, 6.07) is -1.38. The second kappa shape index (κ2) is 7.73.